The molecule has 2 aromatic rings. The van der Waals surface area contributed by atoms with Gasteiger partial charge in [-0.15, -0.1) is 11.3 Å². The largest absolute Gasteiger partial charge is 0.497 e. The zero-order chi connectivity index (χ0) is 18.0. The van der Waals surface area contributed by atoms with Gasteiger partial charge in [-0.05, 0) is 61.6 Å². The molecule has 1 aromatic heterocycles. The Balaban J connectivity index is 1.74. The fourth-order valence-corrected chi connectivity index (χ4v) is 4.20. The molecule has 0 saturated carbocycles. The average molecular weight is 391 g/mol. The Kier molecular flexibility index (Phi) is 5.22. The highest BCUT2D eigenvalue weighted by Gasteiger charge is 2.33. The summed E-state index contributed by atoms with van der Waals surface area (Å²) in [4.78, 5) is 27.5. The van der Waals surface area contributed by atoms with E-state index in [4.69, 9.17) is 17.0 Å². The van der Waals surface area contributed by atoms with Crippen LogP contribution in [-0.2, 0) is 4.79 Å². The molecule has 2 heterocycles. The van der Waals surface area contributed by atoms with Crippen molar-refractivity contribution < 1.29 is 14.3 Å². The highest BCUT2D eigenvalue weighted by molar-refractivity contribution is 8.26. The van der Waals surface area contributed by atoms with E-state index in [1.165, 1.54) is 11.8 Å². The smallest absolute Gasteiger partial charge is 0.285 e. The third-order valence-electron chi connectivity index (χ3n) is 3.39. The highest BCUT2D eigenvalue weighted by atomic mass is 32.2. The van der Waals surface area contributed by atoms with Crippen LogP contribution in [0.3, 0.4) is 0 Å². The van der Waals surface area contributed by atoms with Crippen molar-refractivity contribution in [3.05, 3.63) is 56.6 Å². The maximum atomic E-state index is 12.5. The Morgan fingerprint density at radius 3 is 2.56 bits per heavy atom. The molecule has 128 valence electrons. The molecule has 0 bridgehead atoms. The molecule has 25 heavy (non-hydrogen) atoms. The first-order valence-electron chi connectivity index (χ1n) is 7.27. The lowest BCUT2D eigenvalue weighted by molar-refractivity contribution is -0.123. The van der Waals surface area contributed by atoms with Gasteiger partial charge in [-0.1, -0.05) is 11.8 Å². The Morgan fingerprint density at radius 2 is 1.96 bits per heavy atom. The van der Waals surface area contributed by atoms with Crippen LogP contribution in [0.15, 0.2) is 41.3 Å². The van der Waals surface area contributed by atoms with E-state index in [2.05, 4.69) is 5.43 Å². The summed E-state index contributed by atoms with van der Waals surface area (Å²) in [5.41, 5.74) is 2.97. The number of amides is 2. The minimum Gasteiger partial charge on any atom is -0.497 e. The van der Waals surface area contributed by atoms with Gasteiger partial charge in [0.15, 0.2) is 4.32 Å². The second-order valence-corrected chi connectivity index (χ2v) is 8.13. The lowest BCUT2D eigenvalue weighted by Gasteiger charge is -2.15. The quantitative estimate of drug-likeness (QED) is 0.638. The SMILES string of the molecule is COc1ccc(C(=O)NN2C(=O)/C(=C\c3ccc(C)s3)SC2=S)cc1. The number of thioether (sulfide) groups is 1. The number of ether oxygens (including phenoxy) is 1. The van der Waals surface area contributed by atoms with Crippen molar-refractivity contribution in [3.8, 4) is 5.75 Å². The Morgan fingerprint density at radius 1 is 1.24 bits per heavy atom. The summed E-state index contributed by atoms with van der Waals surface area (Å²) >= 11 is 7.98. The summed E-state index contributed by atoms with van der Waals surface area (Å²) in [7, 11) is 1.55. The molecule has 1 fully saturated rings. The summed E-state index contributed by atoms with van der Waals surface area (Å²) in [6, 6.07) is 10.5. The number of thiophene rings is 1. The predicted molar refractivity (Wildman–Crippen MR) is 105 cm³/mol. The van der Waals surface area contributed by atoms with Crippen LogP contribution in [0.1, 0.15) is 20.1 Å². The lowest BCUT2D eigenvalue weighted by Crippen LogP contribution is -2.44. The first kappa shape index (κ1) is 17.7. The fraction of sp³-hybridized carbons (Fsp3) is 0.118. The number of benzene rings is 1. The zero-order valence-electron chi connectivity index (χ0n) is 13.4. The van der Waals surface area contributed by atoms with E-state index in [1.54, 1.807) is 48.8 Å². The Hall–Kier alpha value is -2.16. The van der Waals surface area contributed by atoms with Gasteiger partial charge in [-0.25, -0.2) is 0 Å². The molecule has 1 aliphatic heterocycles. The molecule has 0 spiro atoms. The number of thiocarbonyl (C=S) groups is 1. The molecule has 0 aliphatic carbocycles. The van der Waals surface area contributed by atoms with Crippen LogP contribution < -0.4 is 10.2 Å². The second kappa shape index (κ2) is 7.38. The summed E-state index contributed by atoms with van der Waals surface area (Å²) in [5, 5.41) is 1.11. The normalized spacial score (nSPS) is 15.8. The van der Waals surface area contributed by atoms with E-state index in [9.17, 15) is 9.59 Å². The predicted octanol–water partition coefficient (Wildman–Crippen LogP) is 3.61. The third kappa shape index (κ3) is 3.92. The van der Waals surface area contributed by atoms with Crippen molar-refractivity contribution in [2.75, 3.05) is 7.11 Å². The van der Waals surface area contributed by atoms with Gasteiger partial charge in [0.25, 0.3) is 11.8 Å². The van der Waals surface area contributed by atoms with Crippen molar-refractivity contribution >= 4 is 57.5 Å². The molecule has 0 radical (unpaired) electrons. The van der Waals surface area contributed by atoms with Crippen molar-refractivity contribution in [1.82, 2.24) is 10.4 Å². The van der Waals surface area contributed by atoms with Gasteiger partial charge in [0.1, 0.15) is 5.75 Å². The monoisotopic (exact) mass is 390 g/mol. The van der Waals surface area contributed by atoms with Crippen LogP contribution >= 0.6 is 35.3 Å². The van der Waals surface area contributed by atoms with Crippen LogP contribution in [0.5, 0.6) is 5.75 Å². The minimum absolute atomic E-state index is 0.298. The molecular weight excluding hydrogens is 376 g/mol. The first-order valence-corrected chi connectivity index (χ1v) is 9.31. The molecule has 0 atom stereocenters. The topological polar surface area (TPSA) is 58.6 Å². The second-order valence-electron chi connectivity index (χ2n) is 5.13. The van der Waals surface area contributed by atoms with Crippen molar-refractivity contribution in [3.63, 3.8) is 0 Å². The molecule has 8 heteroatoms. The molecule has 1 saturated heterocycles. The number of hydrogen-bond donors (Lipinski definition) is 1. The number of carbonyl (C=O) groups excluding carboxylic acids is 2. The standard InChI is InChI=1S/C17H14N2O3S3/c1-10-3-8-13(24-10)9-14-16(21)19(17(23)25-14)18-15(20)11-4-6-12(22-2)7-5-11/h3-9H,1-2H3,(H,18,20)/b14-9+. The van der Waals surface area contributed by atoms with E-state index in [-0.39, 0.29) is 5.91 Å². The number of nitrogens with zero attached hydrogens (tertiary/aromatic N) is 1. The number of aryl methyl sites for hydroxylation is 1. The van der Waals surface area contributed by atoms with E-state index in [0.717, 1.165) is 14.8 Å². The molecule has 2 amide bonds. The third-order valence-corrected chi connectivity index (χ3v) is 5.64. The fourth-order valence-electron chi connectivity index (χ4n) is 2.13. The number of hydrogen-bond acceptors (Lipinski definition) is 6. The van der Waals surface area contributed by atoms with Gasteiger partial charge in [0.2, 0.25) is 0 Å². The zero-order valence-corrected chi connectivity index (χ0v) is 15.9. The van der Waals surface area contributed by atoms with E-state index in [0.29, 0.717) is 20.5 Å². The number of nitrogens with one attached hydrogen (secondary N) is 1. The van der Waals surface area contributed by atoms with Gasteiger partial charge in [0.05, 0.1) is 12.0 Å². The van der Waals surface area contributed by atoms with E-state index < -0.39 is 5.91 Å². The van der Waals surface area contributed by atoms with Gasteiger partial charge in [0, 0.05) is 15.3 Å². The molecule has 1 N–H and O–H groups in total. The molecular formula is C17H14N2O3S3. The van der Waals surface area contributed by atoms with Gasteiger partial charge < -0.3 is 4.74 Å². The summed E-state index contributed by atoms with van der Waals surface area (Å²) in [5.74, 6) is -0.0913. The molecule has 3 rings (SSSR count). The average Bonchev–Trinajstić information content (AvgIpc) is 3.13. The molecule has 1 aliphatic rings. The number of methoxy groups -OCH3 is 1. The number of carbonyl (C=O) groups is 2. The van der Waals surface area contributed by atoms with E-state index >= 15 is 0 Å². The van der Waals surface area contributed by atoms with Crippen molar-refractivity contribution in [2.45, 2.75) is 6.92 Å². The lowest BCUT2D eigenvalue weighted by atomic mass is 10.2. The van der Waals surface area contributed by atoms with Gasteiger partial charge in [-0.3, -0.25) is 15.0 Å². The Bertz CT molecular complexity index is 872. The van der Waals surface area contributed by atoms with Crippen LogP contribution in [0.4, 0.5) is 0 Å². The maximum Gasteiger partial charge on any atom is 0.285 e. The van der Waals surface area contributed by atoms with Crippen LogP contribution in [0, 0.1) is 6.92 Å². The Labute approximate surface area is 158 Å². The molecule has 0 unspecified atom stereocenters. The van der Waals surface area contributed by atoms with E-state index in [1.807, 2.05) is 19.1 Å². The maximum absolute atomic E-state index is 12.5. The number of hydrazine groups is 1. The summed E-state index contributed by atoms with van der Waals surface area (Å²) in [6.07, 6.45) is 1.79. The van der Waals surface area contributed by atoms with Gasteiger partial charge >= 0.3 is 0 Å². The summed E-state index contributed by atoms with van der Waals surface area (Å²) in [6.45, 7) is 2.00. The van der Waals surface area contributed by atoms with Crippen LogP contribution in [0.2, 0.25) is 0 Å². The van der Waals surface area contributed by atoms with Crippen LogP contribution in [0.25, 0.3) is 6.08 Å². The molecule has 5 nitrogen and oxygen atoms in total. The summed E-state index contributed by atoms with van der Waals surface area (Å²) < 4.78 is 5.36. The molecule has 1 aromatic carbocycles. The van der Waals surface area contributed by atoms with Crippen molar-refractivity contribution in [1.29, 1.82) is 0 Å². The van der Waals surface area contributed by atoms with Crippen LogP contribution in [-0.4, -0.2) is 28.3 Å². The van der Waals surface area contributed by atoms with Gasteiger partial charge in [-0.2, -0.15) is 5.01 Å². The highest BCUT2D eigenvalue weighted by Crippen LogP contribution is 2.32. The van der Waals surface area contributed by atoms with Crippen molar-refractivity contribution in [2.24, 2.45) is 0 Å². The minimum atomic E-state index is -0.410. The first-order chi connectivity index (χ1) is 12.0. The number of rotatable bonds is 4.